The molecular weight excluding hydrogens is 312 g/mol. The first-order valence-corrected chi connectivity index (χ1v) is 8.65. The number of anilines is 2. The Morgan fingerprint density at radius 3 is 2.92 bits per heavy atom. The number of hydrogen-bond acceptors (Lipinski definition) is 6. The highest BCUT2D eigenvalue weighted by Crippen LogP contribution is 2.26. The van der Waals surface area contributed by atoms with Gasteiger partial charge in [-0.3, -0.25) is 15.0 Å². The predicted octanol–water partition coefficient (Wildman–Crippen LogP) is 2.43. The quantitative estimate of drug-likeness (QED) is 0.764. The van der Waals surface area contributed by atoms with Gasteiger partial charge in [0.15, 0.2) is 0 Å². The number of pyridine rings is 1. The van der Waals surface area contributed by atoms with Gasteiger partial charge in [0.2, 0.25) is 0 Å². The Labute approximate surface area is 147 Å². The first kappa shape index (κ1) is 15.8. The van der Waals surface area contributed by atoms with Crippen molar-refractivity contribution < 1.29 is 0 Å². The predicted molar refractivity (Wildman–Crippen MR) is 101 cm³/mol. The van der Waals surface area contributed by atoms with Crippen LogP contribution in [0.5, 0.6) is 0 Å². The van der Waals surface area contributed by atoms with Crippen LogP contribution in [-0.4, -0.2) is 40.6 Å². The summed E-state index contributed by atoms with van der Waals surface area (Å²) in [7, 11) is 0. The van der Waals surface area contributed by atoms with Crippen molar-refractivity contribution in [2.75, 3.05) is 29.9 Å². The van der Waals surface area contributed by atoms with Gasteiger partial charge in [-0.15, -0.1) is 0 Å². The fourth-order valence-electron chi connectivity index (χ4n) is 3.27. The van der Waals surface area contributed by atoms with Gasteiger partial charge in [0.05, 0.1) is 28.6 Å². The van der Waals surface area contributed by atoms with Crippen LogP contribution in [0.15, 0.2) is 49.1 Å². The van der Waals surface area contributed by atoms with Gasteiger partial charge in [0.25, 0.3) is 0 Å². The lowest BCUT2D eigenvalue weighted by Gasteiger charge is -2.34. The zero-order valence-electron chi connectivity index (χ0n) is 14.3. The van der Waals surface area contributed by atoms with Crippen LogP contribution in [0.25, 0.3) is 11.0 Å². The number of nitrogens with one attached hydrogen (secondary N) is 2. The summed E-state index contributed by atoms with van der Waals surface area (Å²) in [5.41, 5.74) is 5.29. The molecule has 1 aromatic carbocycles. The Balaban J connectivity index is 1.52. The first-order valence-electron chi connectivity index (χ1n) is 8.65. The number of nitrogens with zero attached hydrogens (tertiary/aromatic N) is 4. The molecule has 25 heavy (non-hydrogen) atoms. The van der Waals surface area contributed by atoms with Crippen molar-refractivity contribution in [1.82, 2.24) is 20.3 Å². The first-order chi connectivity index (χ1) is 12.3. The number of piperazine rings is 1. The highest BCUT2D eigenvalue weighted by atomic mass is 15.2. The molecule has 6 heteroatoms. The molecule has 6 nitrogen and oxygen atoms in total. The third kappa shape index (κ3) is 3.53. The molecule has 128 valence electrons. The van der Waals surface area contributed by atoms with E-state index in [1.165, 1.54) is 11.3 Å². The van der Waals surface area contributed by atoms with Crippen LogP contribution in [0.2, 0.25) is 0 Å². The van der Waals surface area contributed by atoms with Crippen LogP contribution in [0.4, 0.5) is 11.4 Å². The summed E-state index contributed by atoms with van der Waals surface area (Å²) < 4.78 is 0. The van der Waals surface area contributed by atoms with Crippen molar-refractivity contribution in [3.8, 4) is 0 Å². The van der Waals surface area contributed by atoms with E-state index in [1.54, 1.807) is 12.4 Å². The standard InChI is InChI=1S/C19H22N6/c1-14-13-25(9-8-21-14)19-4-5-20-12-18(19)24-11-15-2-3-16-17(10-15)23-7-6-22-16/h2-7,10,12,14,21,24H,8-9,11,13H2,1H3/t14-/m1/s1. The van der Waals surface area contributed by atoms with Gasteiger partial charge < -0.3 is 15.5 Å². The topological polar surface area (TPSA) is 66.0 Å². The second kappa shape index (κ2) is 7.03. The molecule has 2 aromatic heterocycles. The van der Waals surface area contributed by atoms with Gasteiger partial charge in [-0.05, 0) is 30.7 Å². The van der Waals surface area contributed by atoms with Crippen molar-refractivity contribution >= 4 is 22.4 Å². The highest BCUT2D eigenvalue weighted by Gasteiger charge is 2.18. The number of rotatable bonds is 4. The Hall–Kier alpha value is -2.73. The second-order valence-electron chi connectivity index (χ2n) is 6.43. The fraction of sp³-hybridized carbons (Fsp3) is 0.316. The molecular formula is C19H22N6. The van der Waals surface area contributed by atoms with Crippen LogP contribution in [0, 0.1) is 0 Å². The average molecular weight is 334 g/mol. The highest BCUT2D eigenvalue weighted by molar-refractivity contribution is 5.75. The molecule has 0 saturated carbocycles. The summed E-state index contributed by atoms with van der Waals surface area (Å²) >= 11 is 0. The lowest BCUT2D eigenvalue weighted by molar-refractivity contribution is 0.485. The summed E-state index contributed by atoms with van der Waals surface area (Å²) in [5.74, 6) is 0. The van der Waals surface area contributed by atoms with E-state index in [0.717, 1.165) is 42.9 Å². The van der Waals surface area contributed by atoms with Crippen LogP contribution >= 0.6 is 0 Å². The number of hydrogen-bond donors (Lipinski definition) is 2. The zero-order chi connectivity index (χ0) is 17.1. The summed E-state index contributed by atoms with van der Waals surface area (Å²) in [5, 5.41) is 7.02. The van der Waals surface area contributed by atoms with Gasteiger partial charge in [-0.1, -0.05) is 6.07 Å². The second-order valence-corrected chi connectivity index (χ2v) is 6.43. The molecule has 1 atom stereocenters. The molecule has 4 rings (SSSR count). The van der Waals surface area contributed by atoms with E-state index in [1.807, 2.05) is 18.5 Å². The summed E-state index contributed by atoms with van der Waals surface area (Å²) in [6.45, 7) is 5.97. The molecule has 0 unspecified atom stereocenters. The van der Waals surface area contributed by atoms with Crippen molar-refractivity contribution in [1.29, 1.82) is 0 Å². The zero-order valence-corrected chi connectivity index (χ0v) is 14.3. The van der Waals surface area contributed by atoms with Gasteiger partial charge in [0, 0.05) is 50.8 Å². The molecule has 0 spiro atoms. The number of aromatic nitrogens is 3. The Bertz CT molecular complexity index is 865. The van der Waals surface area contributed by atoms with E-state index in [0.29, 0.717) is 6.04 Å². The van der Waals surface area contributed by atoms with E-state index < -0.39 is 0 Å². The van der Waals surface area contributed by atoms with E-state index in [9.17, 15) is 0 Å². The maximum Gasteiger partial charge on any atom is 0.0890 e. The molecule has 1 aliphatic rings. The van der Waals surface area contributed by atoms with Gasteiger partial charge in [-0.2, -0.15) is 0 Å². The molecule has 3 aromatic rings. The fourth-order valence-corrected chi connectivity index (χ4v) is 3.27. The van der Waals surface area contributed by atoms with Crippen molar-refractivity contribution in [2.24, 2.45) is 0 Å². The lowest BCUT2D eigenvalue weighted by Crippen LogP contribution is -2.49. The van der Waals surface area contributed by atoms with E-state index in [2.05, 4.69) is 55.6 Å². The van der Waals surface area contributed by atoms with Crippen molar-refractivity contribution in [2.45, 2.75) is 19.5 Å². The summed E-state index contributed by atoms with van der Waals surface area (Å²) in [6, 6.07) is 8.77. The molecule has 2 N–H and O–H groups in total. The van der Waals surface area contributed by atoms with Crippen LogP contribution in [0.3, 0.4) is 0 Å². The van der Waals surface area contributed by atoms with Gasteiger partial charge in [-0.25, -0.2) is 0 Å². The van der Waals surface area contributed by atoms with Crippen molar-refractivity contribution in [3.05, 3.63) is 54.6 Å². The lowest BCUT2D eigenvalue weighted by atomic mass is 10.1. The third-order valence-electron chi connectivity index (χ3n) is 4.52. The van der Waals surface area contributed by atoms with Gasteiger partial charge in [0.1, 0.15) is 0 Å². The minimum Gasteiger partial charge on any atom is -0.378 e. The summed E-state index contributed by atoms with van der Waals surface area (Å²) in [4.78, 5) is 15.4. The molecule has 3 heterocycles. The minimum atomic E-state index is 0.494. The van der Waals surface area contributed by atoms with Crippen LogP contribution < -0.4 is 15.5 Å². The molecule has 0 aliphatic carbocycles. The van der Waals surface area contributed by atoms with Crippen molar-refractivity contribution in [3.63, 3.8) is 0 Å². The number of benzene rings is 1. The van der Waals surface area contributed by atoms with E-state index in [4.69, 9.17) is 0 Å². The summed E-state index contributed by atoms with van der Waals surface area (Å²) in [6.07, 6.45) is 7.21. The van der Waals surface area contributed by atoms with Crippen LogP contribution in [-0.2, 0) is 6.54 Å². The van der Waals surface area contributed by atoms with E-state index >= 15 is 0 Å². The molecule has 0 bridgehead atoms. The average Bonchev–Trinajstić information content (AvgIpc) is 2.66. The number of fused-ring (bicyclic) bond motifs is 1. The smallest absolute Gasteiger partial charge is 0.0890 e. The molecule has 0 amide bonds. The largest absolute Gasteiger partial charge is 0.378 e. The Morgan fingerprint density at radius 1 is 1.16 bits per heavy atom. The van der Waals surface area contributed by atoms with Crippen LogP contribution in [0.1, 0.15) is 12.5 Å². The Morgan fingerprint density at radius 2 is 2.04 bits per heavy atom. The molecule has 0 radical (unpaired) electrons. The van der Waals surface area contributed by atoms with Gasteiger partial charge >= 0.3 is 0 Å². The van der Waals surface area contributed by atoms with E-state index in [-0.39, 0.29) is 0 Å². The maximum absolute atomic E-state index is 4.38. The third-order valence-corrected chi connectivity index (χ3v) is 4.52. The Kier molecular flexibility index (Phi) is 4.43. The maximum atomic E-state index is 4.38. The normalized spacial score (nSPS) is 17.6. The molecule has 1 aliphatic heterocycles. The molecule has 1 saturated heterocycles. The monoisotopic (exact) mass is 334 g/mol. The SMILES string of the molecule is C[C@@H]1CN(c2ccncc2NCc2ccc3nccnc3c2)CCN1. The minimum absolute atomic E-state index is 0.494. The molecule has 1 fully saturated rings.